The molecule has 1 amide bonds. The van der Waals surface area contributed by atoms with E-state index in [0.717, 1.165) is 24.3 Å². The number of thioether (sulfide) groups is 1. The van der Waals surface area contributed by atoms with E-state index in [1.807, 2.05) is 12.1 Å². The minimum Gasteiger partial charge on any atom is -0.492 e. The van der Waals surface area contributed by atoms with Gasteiger partial charge in [-0.1, -0.05) is 24.6 Å². The third-order valence-electron chi connectivity index (χ3n) is 4.76. The Labute approximate surface area is 186 Å². The standard InChI is InChI=1S/C23H29FN2O2S2/c24-20-8-6-7-19(13-20)16-29-18-23(27)25-9-2-5-12-28-21-14-22(30-17-21)15-26-10-3-1-4-11-26/h2,6-9,13-14,17H,1,3-5,10-12,15-16,18H2,(H,25,27)/b9-2-. The van der Waals surface area contributed by atoms with Crippen molar-refractivity contribution < 1.29 is 13.9 Å². The molecule has 30 heavy (non-hydrogen) atoms. The van der Waals surface area contributed by atoms with Crippen LogP contribution in [0.4, 0.5) is 4.39 Å². The van der Waals surface area contributed by atoms with Gasteiger partial charge in [-0.2, -0.15) is 0 Å². The highest BCUT2D eigenvalue weighted by Gasteiger charge is 2.11. The lowest BCUT2D eigenvalue weighted by Crippen LogP contribution is -2.28. The molecule has 1 N–H and O–H groups in total. The number of hydrogen-bond donors (Lipinski definition) is 1. The van der Waals surface area contributed by atoms with Gasteiger partial charge in [0.2, 0.25) is 5.91 Å². The summed E-state index contributed by atoms with van der Waals surface area (Å²) < 4.78 is 18.9. The van der Waals surface area contributed by atoms with Crippen LogP contribution in [0.3, 0.4) is 0 Å². The largest absolute Gasteiger partial charge is 0.492 e. The zero-order valence-corrected chi connectivity index (χ0v) is 18.8. The van der Waals surface area contributed by atoms with E-state index >= 15 is 0 Å². The number of carbonyl (C=O) groups is 1. The van der Waals surface area contributed by atoms with Crippen LogP contribution in [0.5, 0.6) is 5.75 Å². The van der Waals surface area contributed by atoms with E-state index in [1.54, 1.807) is 23.6 Å². The molecule has 2 heterocycles. The summed E-state index contributed by atoms with van der Waals surface area (Å²) in [6.45, 7) is 4.01. The molecular formula is C23H29FN2O2S2. The molecule has 7 heteroatoms. The van der Waals surface area contributed by atoms with Crippen molar-refractivity contribution in [2.75, 3.05) is 25.4 Å². The Morgan fingerprint density at radius 3 is 2.97 bits per heavy atom. The van der Waals surface area contributed by atoms with Crippen LogP contribution >= 0.6 is 23.1 Å². The molecule has 0 bridgehead atoms. The normalized spacial score (nSPS) is 14.8. The second kappa shape index (κ2) is 12.8. The third-order valence-corrected chi connectivity index (χ3v) is 6.67. The van der Waals surface area contributed by atoms with Crippen molar-refractivity contribution in [3.63, 3.8) is 0 Å². The number of hydrogen-bond acceptors (Lipinski definition) is 5. The second-order valence-electron chi connectivity index (χ2n) is 7.32. The summed E-state index contributed by atoms with van der Waals surface area (Å²) in [7, 11) is 0. The van der Waals surface area contributed by atoms with Crippen LogP contribution in [0.2, 0.25) is 0 Å². The van der Waals surface area contributed by atoms with Gasteiger partial charge in [-0.15, -0.1) is 23.1 Å². The van der Waals surface area contributed by atoms with E-state index in [0.29, 0.717) is 18.1 Å². The van der Waals surface area contributed by atoms with E-state index in [9.17, 15) is 9.18 Å². The number of halogens is 1. The maximum atomic E-state index is 13.1. The Morgan fingerprint density at radius 1 is 1.27 bits per heavy atom. The highest BCUT2D eigenvalue weighted by atomic mass is 32.2. The van der Waals surface area contributed by atoms with Gasteiger partial charge in [0.15, 0.2) is 0 Å². The number of likely N-dealkylation sites (tertiary alicyclic amines) is 1. The first kappa shape index (κ1) is 22.8. The molecule has 1 fully saturated rings. The Bertz CT molecular complexity index is 819. The van der Waals surface area contributed by atoms with Crippen LogP contribution in [0.15, 0.2) is 48.0 Å². The van der Waals surface area contributed by atoms with Crippen molar-refractivity contribution in [3.05, 3.63) is 64.2 Å². The average Bonchev–Trinajstić information content (AvgIpc) is 3.18. The molecule has 0 atom stereocenters. The van der Waals surface area contributed by atoms with Crippen LogP contribution in [-0.2, 0) is 17.1 Å². The molecule has 1 aromatic carbocycles. The van der Waals surface area contributed by atoms with Crippen molar-refractivity contribution in [2.24, 2.45) is 0 Å². The number of thiophene rings is 1. The van der Waals surface area contributed by atoms with E-state index in [4.69, 9.17) is 4.74 Å². The lowest BCUT2D eigenvalue weighted by Gasteiger charge is -2.25. The minimum atomic E-state index is -0.247. The lowest BCUT2D eigenvalue weighted by molar-refractivity contribution is -0.117. The average molecular weight is 449 g/mol. The van der Waals surface area contributed by atoms with Crippen LogP contribution in [0.1, 0.15) is 36.1 Å². The highest BCUT2D eigenvalue weighted by Crippen LogP contribution is 2.24. The van der Waals surface area contributed by atoms with Gasteiger partial charge in [-0.25, -0.2) is 4.39 Å². The van der Waals surface area contributed by atoms with Crippen molar-refractivity contribution in [2.45, 2.75) is 38.0 Å². The molecule has 2 aromatic rings. The fourth-order valence-electron chi connectivity index (χ4n) is 3.27. The van der Waals surface area contributed by atoms with Crippen molar-refractivity contribution >= 4 is 29.0 Å². The number of carbonyl (C=O) groups excluding carboxylic acids is 1. The molecule has 0 spiro atoms. The fourth-order valence-corrected chi connectivity index (χ4v) is 4.90. The predicted molar refractivity (Wildman–Crippen MR) is 123 cm³/mol. The first-order chi connectivity index (χ1) is 14.7. The monoisotopic (exact) mass is 448 g/mol. The van der Waals surface area contributed by atoms with E-state index in [-0.39, 0.29) is 11.7 Å². The summed E-state index contributed by atoms with van der Waals surface area (Å²) in [6, 6.07) is 8.59. The first-order valence-electron chi connectivity index (χ1n) is 10.4. The molecule has 1 aromatic heterocycles. The Morgan fingerprint density at radius 2 is 2.13 bits per heavy atom. The molecule has 1 saturated heterocycles. The van der Waals surface area contributed by atoms with Crippen LogP contribution in [-0.4, -0.2) is 36.3 Å². The molecule has 3 rings (SSSR count). The summed E-state index contributed by atoms with van der Waals surface area (Å²) in [5.41, 5.74) is 0.882. The predicted octanol–water partition coefficient (Wildman–Crippen LogP) is 5.21. The van der Waals surface area contributed by atoms with Gasteiger partial charge in [0, 0.05) is 29.0 Å². The molecule has 0 unspecified atom stereocenters. The third kappa shape index (κ3) is 8.50. The highest BCUT2D eigenvalue weighted by molar-refractivity contribution is 7.99. The van der Waals surface area contributed by atoms with Gasteiger partial charge in [0.1, 0.15) is 11.6 Å². The quantitative estimate of drug-likeness (QED) is 0.480. The molecule has 4 nitrogen and oxygen atoms in total. The van der Waals surface area contributed by atoms with Crippen molar-refractivity contribution in [1.29, 1.82) is 0 Å². The van der Waals surface area contributed by atoms with Gasteiger partial charge in [-0.05, 0) is 55.9 Å². The Hall–Kier alpha value is -1.83. The first-order valence-corrected chi connectivity index (χ1v) is 12.4. The zero-order valence-electron chi connectivity index (χ0n) is 17.1. The van der Waals surface area contributed by atoms with E-state index in [2.05, 4.69) is 21.7 Å². The molecule has 1 aliphatic rings. The number of ether oxygens (including phenoxy) is 1. The number of rotatable bonds is 11. The topological polar surface area (TPSA) is 41.6 Å². The molecule has 0 radical (unpaired) electrons. The summed E-state index contributed by atoms with van der Waals surface area (Å²) in [6.07, 6.45) is 8.28. The number of piperidine rings is 1. The van der Waals surface area contributed by atoms with Crippen LogP contribution < -0.4 is 10.1 Å². The molecule has 0 saturated carbocycles. The molecule has 162 valence electrons. The fraction of sp³-hybridized carbons (Fsp3) is 0.435. The minimum absolute atomic E-state index is 0.0613. The SMILES string of the molecule is O=C(CSCc1cccc(F)c1)N/C=C\CCOc1csc(CN2CCCCC2)c1. The number of nitrogens with zero attached hydrogens (tertiary/aromatic N) is 1. The molecular weight excluding hydrogens is 419 g/mol. The lowest BCUT2D eigenvalue weighted by atomic mass is 10.1. The van der Waals surface area contributed by atoms with Crippen molar-refractivity contribution in [3.8, 4) is 5.75 Å². The number of nitrogens with one attached hydrogen (secondary N) is 1. The zero-order chi connectivity index (χ0) is 21.0. The smallest absolute Gasteiger partial charge is 0.233 e. The summed E-state index contributed by atoms with van der Waals surface area (Å²) in [5.74, 6) is 1.57. The number of benzene rings is 1. The van der Waals surface area contributed by atoms with Gasteiger partial charge in [-0.3, -0.25) is 9.69 Å². The Kier molecular flexibility index (Phi) is 9.73. The van der Waals surface area contributed by atoms with E-state index < -0.39 is 0 Å². The maximum Gasteiger partial charge on any atom is 0.233 e. The summed E-state index contributed by atoms with van der Waals surface area (Å²) in [5, 5.41) is 4.83. The van der Waals surface area contributed by atoms with Gasteiger partial charge >= 0.3 is 0 Å². The summed E-state index contributed by atoms with van der Waals surface area (Å²) >= 11 is 3.22. The summed E-state index contributed by atoms with van der Waals surface area (Å²) in [4.78, 5) is 15.7. The van der Waals surface area contributed by atoms with E-state index in [1.165, 1.54) is 61.1 Å². The van der Waals surface area contributed by atoms with Crippen LogP contribution in [0.25, 0.3) is 0 Å². The maximum absolute atomic E-state index is 13.1. The molecule has 1 aliphatic heterocycles. The van der Waals surface area contributed by atoms with Gasteiger partial charge in [0.05, 0.1) is 12.4 Å². The second-order valence-corrected chi connectivity index (χ2v) is 9.30. The van der Waals surface area contributed by atoms with Crippen molar-refractivity contribution in [1.82, 2.24) is 10.2 Å². The Balaban J connectivity index is 1.24. The molecule has 0 aliphatic carbocycles. The van der Waals surface area contributed by atoms with Gasteiger partial charge in [0.25, 0.3) is 0 Å². The van der Waals surface area contributed by atoms with Gasteiger partial charge < -0.3 is 10.1 Å². The van der Waals surface area contributed by atoms with Crippen LogP contribution in [0, 0.1) is 5.82 Å². The number of amides is 1.